The first-order valence-corrected chi connectivity index (χ1v) is 7.00. The predicted octanol–water partition coefficient (Wildman–Crippen LogP) is 1.75. The number of amides is 1. The predicted molar refractivity (Wildman–Crippen MR) is 76.9 cm³/mol. The number of pyridine rings is 1. The molecule has 1 aliphatic heterocycles. The third kappa shape index (κ3) is 2.49. The molecule has 2 unspecified atom stereocenters. The molecule has 1 aliphatic rings. The third-order valence-electron chi connectivity index (χ3n) is 3.98. The van der Waals surface area contributed by atoms with Crippen LogP contribution in [0.5, 0.6) is 0 Å². The van der Waals surface area contributed by atoms with Gasteiger partial charge in [-0.3, -0.25) is 9.59 Å². The average molecular weight is 287 g/mol. The van der Waals surface area contributed by atoms with E-state index in [4.69, 9.17) is 0 Å². The van der Waals surface area contributed by atoms with Crippen molar-refractivity contribution in [3.8, 4) is 0 Å². The van der Waals surface area contributed by atoms with Gasteiger partial charge >= 0.3 is 5.97 Å². The topological polar surface area (TPSA) is 86.3 Å². The second-order valence-corrected chi connectivity index (χ2v) is 5.69. The van der Waals surface area contributed by atoms with Crippen LogP contribution in [0.2, 0.25) is 0 Å². The van der Waals surface area contributed by atoms with E-state index in [0.29, 0.717) is 24.2 Å². The first kappa shape index (κ1) is 13.6. The summed E-state index contributed by atoms with van der Waals surface area (Å²) in [4.78, 5) is 32.7. The second-order valence-electron chi connectivity index (χ2n) is 5.69. The Hall–Kier alpha value is -2.37. The SMILES string of the molecule is CC1CC(C(=O)O)CN(C(=O)c2c[nH]c3ncccc23)C1. The maximum atomic E-state index is 12.7. The molecule has 0 bridgehead atoms. The van der Waals surface area contributed by atoms with Gasteiger partial charge in [-0.2, -0.15) is 0 Å². The minimum Gasteiger partial charge on any atom is -0.481 e. The number of aliphatic carboxylic acids is 1. The lowest BCUT2D eigenvalue weighted by atomic mass is 9.90. The smallest absolute Gasteiger partial charge is 0.308 e. The standard InChI is InChI=1S/C15H17N3O3/c1-9-5-10(15(20)21)8-18(7-9)14(19)12-6-17-13-11(12)3-2-4-16-13/h2-4,6,9-10H,5,7-8H2,1H3,(H,16,17)(H,20,21). The highest BCUT2D eigenvalue weighted by Crippen LogP contribution is 2.25. The van der Waals surface area contributed by atoms with Gasteiger partial charge in [-0.1, -0.05) is 6.92 Å². The van der Waals surface area contributed by atoms with Crippen molar-refractivity contribution < 1.29 is 14.7 Å². The molecule has 2 N–H and O–H groups in total. The molecular weight excluding hydrogens is 270 g/mol. The van der Waals surface area contributed by atoms with Crippen molar-refractivity contribution in [1.82, 2.24) is 14.9 Å². The van der Waals surface area contributed by atoms with Crippen LogP contribution in [0.1, 0.15) is 23.7 Å². The molecule has 2 aromatic heterocycles. The van der Waals surface area contributed by atoms with Crippen molar-refractivity contribution >= 4 is 22.9 Å². The number of hydrogen-bond donors (Lipinski definition) is 2. The van der Waals surface area contributed by atoms with Crippen molar-refractivity contribution in [1.29, 1.82) is 0 Å². The van der Waals surface area contributed by atoms with E-state index in [1.54, 1.807) is 23.4 Å². The van der Waals surface area contributed by atoms with E-state index < -0.39 is 11.9 Å². The van der Waals surface area contributed by atoms with E-state index in [1.807, 2.05) is 13.0 Å². The summed E-state index contributed by atoms with van der Waals surface area (Å²) in [6, 6.07) is 3.62. The summed E-state index contributed by atoms with van der Waals surface area (Å²) in [6.07, 6.45) is 3.93. The van der Waals surface area contributed by atoms with Crippen molar-refractivity contribution in [3.63, 3.8) is 0 Å². The van der Waals surface area contributed by atoms with Crippen molar-refractivity contribution in [3.05, 3.63) is 30.1 Å². The molecule has 110 valence electrons. The molecule has 0 aliphatic carbocycles. The zero-order chi connectivity index (χ0) is 15.0. The molecule has 2 aromatic rings. The maximum Gasteiger partial charge on any atom is 0.308 e. The molecule has 0 radical (unpaired) electrons. The summed E-state index contributed by atoms with van der Waals surface area (Å²) in [6.45, 7) is 2.84. The molecule has 0 aromatic carbocycles. The van der Waals surface area contributed by atoms with Crippen LogP contribution in [0.25, 0.3) is 11.0 Å². The number of aromatic amines is 1. The van der Waals surface area contributed by atoms with E-state index in [1.165, 1.54) is 0 Å². The minimum absolute atomic E-state index is 0.132. The summed E-state index contributed by atoms with van der Waals surface area (Å²) >= 11 is 0. The number of fused-ring (bicyclic) bond motifs is 1. The number of nitrogens with zero attached hydrogens (tertiary/aromatic N) is 2. The monoisotopic (exact) mass is 287 g/mol. The van der Waals surface area contributed by atoms with Gasteiger partial charge < -0.3 is 15.0 Å². The number of carboxylic acids is 1. The lowest BCUT2D eigenvalue weighted by Gasteiger charge is -2.34. The van der Waals surface area contributed by atoms with Crippen molar-refractivity contribution in [2.75, 3.05) is 13.1 Å². The Kier molecular flexibility index (Phi) is 3.37. The van der Waals surface area contributed by atoms with Gasteiger partial charge in [-0.25, -0.2) is 4.98 Å². The fraction of sp³-hybridized carbons (Fsp3) is 0.400. The van der Waals surface area contributed by atoms with E-state index in [2.05, 4.69) is 9.97 Å². The molecule has 0 saturated carbocycles. The molecule has 3 rings (SSSR count). The van der Waals surface area contributed by atoms with Crippen LogP contribution < -0.4 is 0 Å². The van der Waals surface area contributed by atoms with Gasteiger partial charge in [0, 0.05) is 30.9 Å². The third-order valence-corrected chi connectivity index (χ3v) is 3.98. The Morgan fingerprint density at radius 1 is 1.43 bits per heavy atom. The molecular formula is C15H17N3O3. The summed E-state index contributed by atoms with van der Waals surface area (Å²) in [7, 11) is 0. The number of nitrogens with one attached hydrogen (secondary N) is 1. The maximum absolute atomic E-state index is 12.7. The van der Waals surface area contributed by atoms with Crippen LogP contribution in [0.15, 0.2) is 24.5 Å². The molecule has 1 amide bonds. The first-order chi connectivity index (χ1) is 10.1. The average Bonchev–Trinajstić information content (AvgIpc) is 2.89. The highest BCUT2D eigenvalue weighted by Gasteiger charge is 2.32. The second kappa shape index (κ2) is 5.20. The van der Waals surface area contributed by atoms with Crippen LogP contribution in [0.3, 0.4) is 0 Å². The van der Waals surface area contributed by atoms with Gasteiger partial charge in [0.2, 0.25) is 0 Å². The van der Waals surface area contributed by atoms with E-state index in [9.17, 15) is 14.7 Å². The number of rotatable bonds is 2. The fourth-order valence-electron chi connectivity index (χ4n) is 3.00. The molecule has 21 heavy (non-hydrogen) atoms. The number of aromatic nitrogens is 2. The Morgan fingerprint density at radius 3 is 3.00 bits per heavy atom. The van der Waals surface area contributed by atoms with Gasteiger partial charge in [0.1, 0.15) is 5.65 Å². The Balaban J connectivity index is 1.89. The molecule has 3 heterocycles. The normalized spacial score (nSPS) is 22.4. The van der Waals surface area contributed by atoms with Gasteiger partial charge in [0.15, 0.2) is 0 Å². The number of hydrogen-bond acceptors (Lipinski definition) is 3. The molecule has 1 saturated heterocycles. The van der Waals surface area contributed by atoms with E-state index in [0.717, 1.165) is 5.39 Å². The van der Waals surface area contributed by atoms with E-state index >= 15 is 0 Å². The zero-order valence-electron chi connectivity index (χ0n) is 11.7. The number of piperidine rings is 1. The van der Waals surface area contributed by atoms with Crippen molar-refractivity contribution in [2.45, 2.75) is 13.3 Å². The van der Waals surface area contributed by atoms with Crippen LogP contribution in [0.4, 0.5) is 0 Å². The first-order valence-electron chi connectivity index (χ1n) is 7.00. The summed E-state index contributed by atoms with van der Waals surface area (Å²) < 4.78 is 0. The molecule has 2 atom stereocenters. The summed E-state index contributed by atoms with van der Waals surface area (Å²) in [5.74, 6) is -1.26. The minimum atomic E-state index is -0.833. The Morgan fingerprint density at radius 2 is 2.24 bits per heavy atom. The quantitative estimate of drug-likeness (QED) is 0.881. The molecule has 1 fully saturated rings. The summed E-state index contributed by atoms with van der Waals surface area (Å²) in [5.41, 5.74) is 1.22. The highest BCUT2D eigenvalue weighted by molar-refractivity contribution is 6.06. The van der Waals surface area contributed by atoms with Gasteiger partial charge in [0.05, 0.1) is 11.5 Å². The largest absolute Gasteiger partial charge is 0.481 e. The van der Waals surface area contributed by atoms with E-state index in [-0.39, 0.29) is 18.4 Å². The number of carbonyl (C=O) groups excluding carboxylic acids is 1. The van der Waals surface area contributed by atoms with Gasteiger partial charge in [-0.15, -0.1) is 0 Å². The molecule has 0 spiro atoms. The van der Waals surface area contributed by atoms with Crippen LogP contribution >= 0.6 is 0 Å². The van der Waals surface area contributed by atoms with Gasteiger partial charge in [-0.05, 0) is 24.5 Å². The molecule has 6 heteroatoms. The van der Waals surface area contributed by atoms with Crippen LogP contribution in [0, 0.1) is 11.8 Å². The molecule has 6 nitrogen and oxygen atoms in total. The fourth-order valence-corrected chi connectivity index (χ4v) is 3.00. The highest BCUT2D eigenvalue weighted by atomic mass is 16.4. The zero-order valence-corrected chi connectivity index (χ0v) is 11.7. The van der Waals surface area contributed by atoms with Crippen LogP contribution in [-0.4, -0.2) is 44.9 Å². The number of likely N-dealkylation sites (tertiary alicyclic amines) is 1. The van der Waals surface area contributed by atoms with Crippen molar-refractivity contribution in [2.24, 2.45) is 11.8 Å². The Labute approximate surface area is 121 Å². The van der Waals surface area contributed by atoms with Gasteiger partial charge in [0.25, 0.3) is 5.91 Å². The number of carbonyl (C=O) groups is 2. The summed E-state index contributed by atoms with van der Waals surface area (Å²) in [5, 5.41) is 9.97. The van der Waals surface area contributed by atoms with Crippen LogP contribution in [-0.2, 0) is 4.79 Å². The lowest BCUT2D eigenvalue weighted by molar-refractivity contribution is -0.143. The lowest BCUT2D eigenvalue weighted by Crippen LogP contribution is -2.45. The number of H-pyrrole nitrogens is 1. The number of carboxylic acid groups (broad SMARTS) is 1. The Bertz CT molecular complexity index is 694.